The second kappa shape index (κ2) is 12.6. The molecular formula is C28H35N7O4. The number of carbonyl (C=O) groups is 1. The minimum absolute atomic E-state index is 0.0124. The van der Waals surface area contributed by atoms with Crippen molar-refractivity contribution in [2.24, 2.45) is 5.92 Å². The fraction of sp³-hybridized carbons (Fsp3) is 0.464. The van der Waals surface area contributed by atoms with Crippen LogP contribution in [0.5, 0.6) is 11.5 Å². The highest BCUT2D eigenvalue weighted by Gasteiger charge is 2.25. The van der Waals surface area contributed by atoms with Gasteiger partial charge in [0.2, 0.25) is 5.95 Å². The van der Waals surface area contributed by atoms with E-state index >= 15 is 0 Å². The highest BCUT2D eigenvalue weighted by molar-refractivity contribution is 5.67. The molecule has 2 aliphatic rings. The minimum atomic E-state index is -0.732. The number of anilines is 4. The molecule has 1 aromatic carbocycles. The Morgan fingerprint density at radius 2 is 1.85 bits per heavy atom. The van der Waals surface area contributed by atoms with E-state index in [1.54, 1.807) is 18.6 Å². The molecule has 2 N–H and O–H groups in total. The molecule has 5 rings (SSSR count). The SMILES string of the molecule is CCOc1ccccc1OC1CCCN(c2cncc(Nc3nccc(N4CCC(CC(=O)O)CC4)n3)n2)C1. The average molecular weight is 534 g/mol. The third-order valence-corrected chi connectivity index (χ3v) is 7.05. The molecule has 0 spiro atoms. The van der Waals surface area contributed by atoms with E-state index < -0.39 is 5.97 Å². The summed E-state index contributed by atoms with van der Waals surface area (Å²) >= 11 is 0. The van der Waals surface area contributed by atoms with E-state index in [4.69, 9.17) is 19.6 Å². The predicted molar refractivity (Wildman–Crippen MR) is 148 cm³/mol. The first-order valence-corrected chi connectivity index (χ1v) is 13.6. The van der Waals surface area contributed by atoms with Gasteiger partial charge in [0.1, 0.15) is 17.7 Å². The highest BCUT2D eigenvalue weighted by atomic mass is 16.5. The van der Waals surface area contributed by atoms with Gasteiger partial charge in [0.15, 0.2) is 17.3 Å². The topological polar surface area (TPSA) is 126 Å². The molecule has 2 fully saturated rings. The zero-order valence-corrected chi connectivity index (χ0v) is 22.2. The van der Waals surface area contributed by atoms with Crippen molar-refractivity contribution in [2.45, 2.75) is 45.1 Å². The smallest absolute Gasteiger partial charge is 0.303 e. The number of piperidine rings is 2. The lowest BCUT2D eigenvalue weighted by Crippen LogP contribution is -2.41. The number of aromatic nitrogens is 4. The Labute approximate surface area is 228 Å². The maximum absolute atomic E-state index is 11.0. The van der Waals surface area contributed by atoms with Gasteiger partial charge in [-0.05, 0) is 56.7 Å². The Morgan fingerprint density at radius 1 is 1.03 bits per heavy atom. The van der Waals surface area contributed by atoms with E-state index in [0.717, 1.165) is 68.5 Å². The number of aliphatic carboxylic acids is 1. The van der Waals surface area contributed by atoms with Crippen LogP contribution in [0.1, 0.15) is 39.0 Å². The summed E-state index contributed by atoms with van der Waals surface area (Å²) in [7, 11) is 0. The lowest BCUT2D eigenvalue weighted by atomic mass is 9.94. The van der Waals surface area contributed by atoms with E-state index in [9.17, 15) is 4.79 Å². The van der Waals surface area contributed by atoms with Gasteiger partial charge < -0.3 is 29.7 Å². The molecule has 11 heteroatoms. The fourth-order valence-corrected chi connectivity index (χ4v) is 5.13. The van der Waals surface area contributed by atoms with Crippen LogP contribution >= 0.6 is 0 Å². The molecule has 0 bridgehead atoms. The summed E-state index contributed by atoms with van der Waals surface area (Å²) in [6, 6.07) is 9.65. The second-order valence-electron chi connectivity index (χ2n) is 9.86. The van der Waals surface area contributed by atoms with Gasteiger partial charge in [-0.25, -0.2) is 9.97 Å². The number of nitrogens with one attached hydrogen (secondary N) is 1. The Balaban J connectivity index is 1.21. The van der Waals surface area contributed by atoms with Gasteiger partial charge in [0.05, 0.1) is 25.5 Å². The number of hydrogen-bond donors (Lipinski definition) is 2. The molecule has 206 valence electrons. The standard InChI is InChI=1S/C28H35N7O4/c1-2-38-22-7-3-4-8-23(22)39-21-6-5-13-35(19-21)26-18-29-17-24(31-26)32-28-30-12-9-25(33-28)34-14-10-20(11-15-34)16-27(36)37/h3-4,7-9,12,17-18,20-21H,2,5-6,10-11,13-16,19H2,1H3,(H,36,37)(H,30,31,32,33). The maximum Gasteiger partial charge on any atom is 0.303 e. The zero-order chi connectivity index (χ0) is 27.0. The van der Waals surface area contributed by atoms with Gasteiger partial charge in [-0.1, -0.05) is 12.1 Å². The van der Waals surface area contributed by atoms with Crippen molar-refractivity contribution in [2.75, 3.05) is 47.9 Å². The molecule has 3 aromatic rings. The fourth-order valence-electron chi connectivity index (χ4n) is 5.13. The van der Waals surface area contributed by atoms with Crippen LogP contribution in [-0.2, 0) is 4.79 Å². The predicted octanol–water partition coefficient (Wildman–Crippen LogP) is 4.15. The van der Waals surface area contributed by atoms with Crippen LogP contribution in [0.4, 0.5) is 23.4 Å². The van der Waals surface area contributed by atoms with Gasteiger partial charge in [0.25, 0.3) is 0 Å². The minimum Gasteiger partial charge on any atom is -0.490 e. The van der Waals surface area contributed by atoms with Gasteiger partial charge >= 0.3 is 5.97 Å². The van der Waals surface area contributed by atoms with Gasteiger partial charge in [0, 0.05) is 32.3 Å². The molecule has 2 aliphatic heterocycles. The Morgan fingerprint density at radius 3 is 2.64 bits per heavy atom. The Kier molecular flexibility index (Phi) is 8.55. The van der Waals surface area contributed by atoms with Crippen molar-refractivity contribution in [1.29, 1.82) is 0 Å². The first-order chi connectivity index (χ1) is 19.1. The van der Waals surface area contributed by atoms with Crippen molar-refractivity contribution < 1.29 is 19.4 Å². The van der Waals surface area contributed by atoms with Crippen molar-refractivity contribution in [1.82, 2.24) is 19.9 Å². The lowest BCUT2D eigenvalue weighted by Gasteiger charge is -2.33. The van der Waals surface area contributed by atoms with E-state index in [2.05, 4.69) is 30.1 Å². The maximum atomic E-state index is 11.0. The lowest BCUT2D eigenvalue weighted by molar-refractivity contribution is -0.138. The summed E-state index contributed by atoms with van der Waals surface area (Å²) in [5.74, 6) is 3.59. The van der Waals surface area contributed by atoms with E-state index in [-0.39, 0.29) is 18.4 Å². The van der Waals surface area contributed by atoms with Crippen LogP contribution < -0.4 is 24.6 Å². The zero-order valence-electron chi connectivity index (χ0n) is 22.2. The van der Waals surface area contributed by atoms with Crippen LogP contribution in [0.25, 0.3) is 0 Å². The number of nitrogens with zero attached hydrogens (tertiary/aromatic N) is 6. The van der Waals surface area contributed by atoms with Crippen LogP contribution in [0.3, 0.4) is 0 Å². The normalized spacial score (nSPS) is 18.0. The Hall–Kier alpha value is -4.15. The number of rotatable bonds is 10. The molecule has 1 unspecified atom stereocenters. The van der Waals surface area contributed by atoms with Crippen LogP contribution in [0, 0.1) is 5.92 Å². The number of ether oxygens (including phenoxy) is 2. The molecule has 0 aliphatic carbocycles. The molecule has 1 atom stereocenters. The largest absolute Gasteiger partial charge is 0.490 e. The number of carboxylic acid groups (broad SMARTS) is 1. The van der Waals surface area contributed by atoms with E-state index in [1.807, 2.05) is 37.3 Å². The second-order valence-corrected chi connectivity index (χ2v) is 9.86. The molecule has 4 heterocycles. The Bertz CT molecular complexity index is 1250. The molecule has 11 nitrogen and oxygen atoms in total. The molecule has 2 aromatic heterocycles. The molecule has 2 saturated heterocycles. The van der Waals surface area contributed by atoms with Crippen LogP contribution in [0.2, 0.25) is 0 Å². The van der Waals surface area contributed by atoms with Gasteiger partial charge in [-0.2, -0.15) is 4.98 Å². The van der Waals surface area contributed by atoms with Crippen molar-refractivity contribution in [3.63, 3.8) is 0 Å². The van der Waals surface area contributed by atoms with Gasteiger partial charge in [-0.15, -0.1) is 0 Å². The first-order valence-electron chi connectivity index (χ1n) is 13.6. The van der Waals surface area contributed by atoms with Crippen LogP contribution in [0.15, 0.2) is 48.9 Å². The third-order valence-electron chi connectivity index (χ3n) is 7.05. The molecule has 0 amide bonds. The van der Waals surface area contributed by atoms with Crippen molar-refractivity contribution in [3.05, 3.63) is 48.9 Å². The van der Waals surface area contributed by atoms with Crippen LogP contribution in [-0.4, -0.2) is 69.9 Å². The third kappa shape index (κ3) is 7.04. The van der Waals surface area contributed by atoms with E-state index in [0.29, 0.717) is 24.9 Å². The summed E-state index contributed by atoms with van der Waals surface area (Å²) in [4.78, 5) is 33.6. The number of para-hydroxylation sites is 2. The molecular weight excluding hydrogens is 498 g/mol. The summed E-state index contributed by atoms with van der Waals surface area (Å²) in [5.41, 5.74) is 0. The summed E-state index contributed by atoms with van der Waals surface area (Å²) in [6.07, 6.45) is 8.99. The molecule has 0 saturated carbocycles. The molecule has 0 radical (unpaired) electrons. The molecule has 39 heavy (non-hydrogen) atoms. The number of hydrogen-bond acceptors (Lipinski definition) is 10. The highest BCUT2D eigenvalue weighted by Crippen LogP contribution is 2.30. The number of benzene rings is 1. The summed E-state index contributed by atoms with van der Waals surface area (Å²) in [5, 5.41) is 12.3. The summed E-state index contributed by atoms with van der Waals surface area (Å²) < 4.78 is 12.1. The quantitative estimate of drug-likeness (QED) is 0.390. The number of carboxylic acids is 1. The van der Waals surface area contributed by atoms with Crippen molar-refractivity contribution >= 4 is 29.4 Å². The summed E-state index contributed by atoms with van der Waals surface area (Å²) in [6.45, 7) is 5.67. The van der Waals surface area contributed by atoms with Gasteiger partial charge in [-0.3, -0.25) is 9.78 Å². The monoisotopic (exact) mass is 533 g/mol. The van der Waals surface area contributed by atoms with Crippen molar-refractivity contribution in [3.8, 4) is 11.5 Å². The average Bonchev–Trinajstić information content (AvgIpc) is 2.95. The first kappa shape index (κ1) is 26.5. The van der Waals surface area contributed by atoms with E-state index in [1.165, 1.54) is 0 Å².